The van der Waals surface area contributed by atoms with Crippen molar-refractivity contribution < 1.29 is 14.3 Å². The van der Waals surface area contributed by atoms with Crippen LogP contribution in [0.1, 0.15) is 35.2 Å². The third kappa shape index (κ3) is 3.95. The highest BCUT2D eigenvalue weighted by atomic mass is 32.1. The average Bonchev–Trinajstić information content (AvgIpc) is 3.23. The van der Waals surface area contributed by atoms with E-state index in [1.807, 2.05) is 0 Å². The van der Waals surface area contributed by atoms with E-state index >= 15 is 0 Å². The Hall–Kier alpha value is -3.14. The second-order valence-corrected chi connectivity index (χ2v) is 7.90. The van der Waals surface area contributed by atoms with Crippen LogP contribution in [-0.2, 0) is 6.54 Å². The van der Waals surface area contributed by atoms with Gasteiger partial charge in [-0.3, -0.25) is 9.59 Å². The molecule has 3 heterocycles. The number of aromatic nitrogens is 3. The van der Waals surface area contributed by atoms with E-state index in [-0.39, 0.29) is 12.1 Å². The number of amides is 1. The Kier molecular flexibility index (Phi) is 5.84. The van der Waals surface area contributed by atoms with E-state index in [0.717, 1.165) is 36.6 Å². The molecule has 0 saturated carbocycles. The molecule has 158 valence electrons. The lowest BCUT2D eigenvalue weighted by Gasteiger charge is -2.25. The number of nitrogens with zero attached hydrogens (tertiary/aromatic N) is 4. The number of nitrogens with one attached hydrogen (secondary N) is 1. The number of rotatable bonds is 6. The molecule has 1 saturated heterocycles. The molecule has 1 aliphatic rings. The number of benzene rings is 1. The molecule has 1 N–H and O–H groups in total. The Balaban J connectivity index is 1.55. The smallest absolute Gasteiger partial charge is 0.288 e. The van der Waals surface area contributed by atoms with E-state index in [9.17, 15) is 9.59 Å². The average molecular weight is 430 g/mol. The summed E-state index contributed by atoms with van der Waals surface area (Å²) in [5.41, 5.74) is 0.208. The van der Waals surface area contributed by atoms with Gasteiger partial charge in [0.05, 0.1) is 14.2 Å². The van der Waals surface area contributed by atoms with Crippen molar-refractivity contribution in [1.82, 2.24) is 19.9 Å². The molecule has 30 heavy (non-hydrogen) atoms. The lowest BCUT2D eigenvalue weighted by atomic mass is 10.1. The zero-order valence-electron chi connectivity index (χ0n) is 16.9. The van der Waals surface area contributed by atoms with Crippen molar-refractivity contribution >= 4 is 27.3 Å². The topological polar surface area (TPSA) is 98.1 Å². The maximum Gasteiger partial charge on any atom is 0.288 e. The molecular weight excluding hydrogens is 406 g/mol. The predicted molar refractivity (Wildman–Crippen MR) is 114 cm³/mol. The molecule has 10 heteroatoms. The van der Waals surface area contributed by atoms with Crippen LogP contribution in [0.2, 0.25) is 0 Å². The molecule has 0 radical (unpaired) electrons. The van der Waals surface area contributed by atoms with Crippen molar-refractivity contribution in [3.63, 3.8) is 0 Å². The highest BCUT2D eigenvalue weighted by molar-refractivity contribution is 7.20. The van der Waals surface area contributed by atoms with Gasteiger partial charge in [-0.25, -0.2) is 4.98 Å². The van der Waals surface area contributed by atoms with E-state index < -0.39 is 11.5 Å². The molecule has 0 bridgehead atoms. The van der Waals surface area contributed by atoms with E-state index in [4.69, 9.17) is 9.47 Å². The van der Waals surface area contributed by atoms with Gasteiger partial charge in [-0.05, 0) is 37.5 Å². The second-order valence-electron chi connectivity index (χ2n) is 6.96. The lowest BCUT2D eigenvalue weighted by Crippen LogP contribution is -2.32. The molecule has 9 nitrogen and oxygen atoms in total. The first-order valence-electron chi connectivity index (χ1n) is 9.73. The molecule has 0 aliphatic carbocycles. The van der Waals surface area contributed by atoms with Crippen molar-refractivity contribution in [2.24, 2.45) is 0 Å². The van der Waals surface area contributed by atoms with Gasteiger partial charge in [0.1, 0.15) is 17.1 Å². The maximum atomic E-state index is 12.8. The van der Waals surface area contributed by atoms with Gasteiger partial charge in [-0.1, -0.05) is 11.3 Å². The predicted octanol–water partition coefficient (Wildman–Crippen LogP) is 2.09. The fourth-order valence-corrected chi connectivity index (χ4v) is 4.35. The summed E-state index contributed by atoms with van der Waals surface area (Å²) in [4.78, 5) is 32.4. The Labute approximate surface area is 177 Å². The van der Waals surface area contributed by atoms with Crippen molar-refractivity contribution in [3.05, 3.63) is 45.9 Å². The van der Waals surface area contributed by atoms with Crippen LogP contribution < -0.4 is 25.2 Å². The van der Waals surface area contributed by atoms with Crippen LogP contribution in [0.15, 0.2) is 29.2 Å². The molecular formula is C20H23N5O4S. The molecule has 3 aromatic rings. The van der Waals surface area contributed by atoms with Crippen LogP contribution in [0.5, 0.6) is 11.5 Å². The van der Waals surface area contributed by atoms with Gasteiger partial charge in [0.15, 0.2) is 0 Å². The Morgan fingerprint density at radius 1 is 1.20 bits per heavy atom. The molecule has 4 rings (SSSR count). The number of carbonyl (C=O) groups excluding carboxylic acids is 1. The normalized spacial score (nSPS) is 14.0. The second kappa shape index (κ2) is 8.70. The fourth-order valence-electron chi connectivity index (χ4n) is 3.44. The first-order valence-corrected chi connectivity index (χ1v) is 10.6. The third-order valence-electron chi connectivity index (χ3n) is 5.07. The van der Waals surface area contributed by atoms with Crippen LogP contribution in [0.4, 0.5) is 5.13 Å². The number of methoxy groups -OCH3 is 2. The molecule has 0 atom stereocenters. The minimum absolute atomic E-state index is 0.0511. The van der Waals surface area contributed by atoms with Crippen LogP contribution in [0.25, 0.3) is 4.96 Å². The van der Waals surface area contributed by atoms with E-state index in [2.05, 4.69) is 20.3 Å². The minimum Gasteiger partial charge on any atom is -0.497 e. The SMILES string of the molecule is COc1ccc(OC)c(CNC(=O)c2cnc3sc(N4CCCCC4)nn3c2=O)c1. The number of ether oxygens (including phenoxy) is 2. The molecule has 1 fully saturated rings. The van der Waals surface area contributed by atoms with Crippen LogP contribution in [0.3, 0.4) is 0 Å². The van der Waals surface area contributed by atoms with Crippen LogP contribution >= 0.6 is 11.3 Å². The van der Waals surface area contributed by atoms with Gasteiger partial charge in [0.25, 0.3) is 11.5 Å². The quantitative estimate of drug-likeness (QED) is 0.641. The van der Waals surface area contributed by atoms with Gasteiger partial charge in [0.2, 0.25) is 10.1 Å². The van der Waals surface area contributed by atoms with Crippen molar-refractivity contribution in [2.45, 2.75) is 25.8 Å². The number of carbonyl (C=O) groups is 1. The molecule has 1 aromatic carbocycles. The summed E-state index contributed by atoms with van der Waals surface area (Å²) in [6.45, 7) is 2.02. The summed E-state index contributed by atoms with van der Waals surface area (Å²) in [7, 11) is 3.12. The summed E-state index contributed by atoms with van der Waals surface area (Å²) in [6.07, 6.45) is 4.75. The van der Waals surface area contributed by atoms with Gasteiger partial charge in [-0.2, -0.15) is 4.52 Å². The van der Waals surface area contributed by atoms with Gasteiger partial charge < -0.3 is 19.7 Å². The third-order valence-corrected chi connectivity index (χ3v) is 6.06. The number of hydrogen-bond donors (Lipinski definition) is 1. The minimum atomic E-state index is -0.515. The van der Waals surface area contributed by atoms with Gasteiger partial charge >= 0.3 is 0 Å². The van der Waals surface area contributed by atoms with E-state index in [0.29, 0.717) is 16.5 Å². The van der Waals surface area contributed by atoms with Crippen LogP contribution in [0, 0.1) is 0 Å². The van der Waals surface area contributed by atoms with Crippen molar-refractivity contribution in [2.75, 3.05) is 32.2 Å². The van der Waals surface area contributed by atoms with Crippen LogP contribution in [-0.4, -0.2) is 47.8 Å². The van der Waals surface area contributed by atoms with Gasteiger partial charge in [-0.15, -0.1) is 5.10 Å². The zero-order chi connectivity index (χ0) is 21.1. The lowest BCUT2D eigenvalue weighted by molar-refractivity contribution is 0.0948. The highest BCUT2D eigenvalue weighted by Crippen LogP contribution is 2.25. The largest absolute Gasteiger partial charge is 0.497 e. The fraction of sp³-hybridized carbons (Fsp3) is 0.400. The Bertz CT molecular complexity index is 1120. The Morgan fingerprint density at radius 3 is 2.73 bits per heavy atom. The van der Waals surface area contributed by atoms with Crippen molar-refractivity contribution in [3.8, 4) is 11.5 Å². The van der Waals surface area contributed by atoms with Crippen molar-refractivity contribution in [1.29, 1.82) is 0 Å². The summed E-state index contributed by atoms with van der Waals surface area (Å²) in [5, 5.41) is 7.93. The Morgan fingerprint density at radius 2 is 2.00 bits per heavy atom. The summed E-state index contributed by atoms with van der Waals surface area (Å²) < 4.78 is 11.8. The highest BCUT2D eigenvalue weighted by Gasteiger charge is 2.20. The first-order chi connectivity index (χ1) is 14.6. The molecule has 0 unspecified atom stereocenters. The summed E-state index contributed by atoms with van der Waals surface area (Å²) in [5.74, 6) is 0.752. The molecule has 1 amide bonds. The summed E-state index contributed by atoms with van der Waals surface area (Å²) >= 11 is 1.36. The van der Waals surface area contributed by atoms with E-state index in [1.165, 1.54) is 28.5 Å². The molecule has 2 aromatic heterocycles. The molecule has 1 aliphatic heterocycles. The number of fused-ring (bicyclic) bond motifs is 1. The monoisotopic (exact) mass is 429 g/mol. The number of hydrogen-bond acceptors (Lipinski definition) is 8. The van der Waals surface area contributed by atoms with E-state index in [1.54, 1.807) is 32.4 Å². The number of anilines is 1. The molecule has 0 spiro atoms. The first kappa shape index (κ1) is 20.1. The van der Waals surface area contributed by atoms with Gasteiger partial charge in [0, 0.05) is 31.4 Å². The number of piperidine rings is 1. The summed E-state index contributed by atoms with van der Waals surface area (Å²) in [6, 6.07) is 5.31. The maximum absolute atomic E-state index is 12.8. The standard InChI is InChI=1S/C20H23N5O4S/c1-28-14-6-7-16(29-2)13(10-14)11-21-17(26)15-12-22-19-25(18(15)27)23-20(30-19)24-8-4-3-5-9-24/h6-7,10,12H,3-5,8-9,11H2,1-2H3,(H,21,26). The zero-order valence-corrected chi connectivity index (χ0v) is 17.7.